The molecule has 4 N–H and O–H groups in total. The first-order valence-electron chi connectivity index (χ1n) is 11.6. The van der Waals surface area contributed by atoms with Crippen LogP contribution in [0.2, 0.25) is 0 Å². The van der Waals surface area contributed by atoms with Gasteiger partial charge in [-0.1, -0.05) is 25.0 Å². The number of hydrogen-bond acceptors (Lipinski definition) is 7. The number of amides is 1. The molecular weight excluding hydrogens is 428 g/mol. The summed E-state index contributed by atoms with van der Waals surface area (Å²) in [6, 6.07) is 8.18. The number of anilines is 2. The van der Waals surface area contributed by atoms with E-state index in [-0.39, 0.29) is 5.91 Å². The van der Waals surface area contributed by atoms with Crippen molar-refractivity contribution < 1.29 is 29.3 Å². The molecular formula is C23H36N4O6. The number of rotatable bonds is 8. The number of morpholine rings is 1. The fourth-order valence-electron chi connectivity index (χ4n) is 3.82. The molecule has 1 aromatic carbocycles. The molecule has 0 saturated carbocycles. The monoisotopic (exact) mass is 464 g/mol. The number of nitrogens with one attached hydrogen (secondary N) is 2. The number of nitrogens with zero attached hydrogens (tertiary/aromatic N) is 2. The molecule has 0 aliphatic carbocycles. The van der Waals surface area contributed by atoms with E-state index in [2.05, 4.69) is 32.6 Å². The Kier molecular flexibility index (Phi) is 12.2. The molecule has 0 aromatic heterocycles. The van der Waals surface area contributed by atoms with Crippen molar-refractivity contribution >= 4 is 29.2 Å². The molecule has 3 rings (SSSR count). The molecule has 0 bridgehead atoms. The summed E-state index contributed by atoms with van der Waals surface area (Å²) in [6.07, 6.45) is 6.12. The van der Waals surface area contributed by atoms with Crippen LogP contribution in [0.4, 0.5) is 11.4 Å². The SMILES string of the molecule is O=C(CNCCCN1CCOCC1)Nc1ccccc1N1CCCCCC1.O=C(O)C(=O)O. The number of ether oxygens (including phenoxy) is 1. The van der Waals surface area contributed by atoms with Crippen LogP contribution in [0.5, 0.6) is 0 Å². The van der Waals surface area contributed by atoms with Crippen LogP contribution in [0.25, 0.3) is 0 Å². The van der Waals surface area contributed by atoms with E-state index in [0.717, 1.165) is 70.3 Å². The summed E-state index contributed by atoms with van der Waals surface area (Å²) in [5.41, 5.74) is 2.08. The van der Waals surface area contributed by atoms with Gasteiger partial charge in [-0.05, 0) is 44.5 Å². The zero-order chi connectivity index (χ0) is 23.9. The van der Waals surface area contributed by atoms with E-state index in [9.17, 15) is 4.79 Å². The first-order chi connectivity index (χ1) is 16.0. The summed E-state index contributed by atoms with van der Waals surface area (Å²) in [5, 5.41) is 21.2. The number of carboxylic acids is 2. The van der Waals surface area contributed by atoms with Crippen LogP contribution in [0.1, 0.15) is 32.1 Å². The minimum atomic E-state index is -1.82. The van der Waals surface area contributed by atoms with Crippen LogP contribution in [0.3, 0.4) is 0 Å². The highest BCUT2D eigenvalue weighted by atomic mass is 16.5. The Labute approximate surface area is 194 Å². The van der Waals surface area contributed by atoms with Gasteiger partial charge in [0.25, 0.3) is 0 Å². The van der Waals surface area contributed by atoms with Gasteiger partial charge in [0.05, 0.1) is 31.1 Å². The molecule has 184 valence electrons. The highest BCUT2D eigenvalue weighted by molar-refractivity contribution is 6.27. The largest absolute Gasteiger partial charge is 0.473 e. The van der Waals surface area contributed by atoms with Gasteiger partial charge in [0, 0.05) is 26.2 Å². The molecule has 1 amide bonds. The van der Waals surface area contributed by atoms with E-state index in [0.29, 0.717) is 6.54 Å². The van der Waals surface area contributed by atoms with E-state index >= 15 is 0 Å². The molecule has 0 radical (unpaired) electrons. The molecule has 2 fully saturated rings. The molecule has 33 heavy (non-hydrogen) atoms. The molecule has 2 heterocycles. The van der Waals surface area contributed by atoms with Crippen LogP contribution in [-0.2, 0) is 19.1 Å². The van der Waals surface area contributed by atoms with Gasteiger partial charge < -0.3 is 30.5 Å². The fourth-order valence-corrected chi connectivity index (χ4v) is 3.82. The van der Waals surface area contributed by atoms with Crippen molar-refractivity contribution in [3.63, 3.8) is 0 Å². The lowest BCUT2D eigenvalue weighted by atomic mass is 10.2. The number of para-hydroxylation sites is 2. The number of carboxylic acid groups (broad SMARTS) is 2. The molecule has 2 aliphatic heterocycles. The maximum atomic E-state index is 12.4. The Balaban J connectivity index is 0.000000569. The van der Waals surface area contributed by atoms with Crippen molar-refractivity contribution in [3.8, 4) is 0 Å². The summed E-state index contributed by atoms with van der Waals surface area (Å²) in [6.45, 7) is 8.16. The highest BCUT2D eigenvalue weighted by Gasteiger charge is 2.15. The predicted octanol–water partition coefficient (Wildman–Crippen LogP) is 1.47. The van der Waals surface area contributed by atoms with Crippen LogP contribution in [0, 0.1) is 0 Å². The third-order valence-corrected chi connectivity index (χ3v) is 5.52. The topological polar surface area (TPSA) is 131 Å². The molecule has 10 heteroatoms. The minimum Gasteiger partial charge on any atom is -0.473 e. The Morgan fingerprint density at radius 1 is 0.909 bits per heavy atom. The number of benzene rings is 1. The first kappa shape index (κ1) is 26.6. The third-order valence-electron chi connectivity index (χ3n) is 5.52. The second kappa shape index (κ2) is 15.2. The normalized spacial score (nSPS) is 16.8. The zero-order valence-corrected chi connectivity index (χ0v) is 19.1. The Morgan fingerprint density at radius 3 is 2.18 bits per heavy atom. The Morgan fingerprint density at radius 2 is 1.55 bits per heavy atom. The maximum absolute atomic E-state index is 12.4. The lowest BCUT2D eigenvalue weighted by molar-refractivity contribution is -0.159. The molecule has 10 nitrogen and oxygen atoms in total. The summed E-state index contributed by atoms with van der Waals surface area (Å²) >= 11 is 0. The van der Waals surface area contributed by atoms with Gasteiger partial charge in [-0.15, -0.1) is 0 Å². The van der Waals surface area contributed by atoms with E-state index in [4.69, 9.17) is 24.5 Å². The van der Waals surface area contributed by atoms with Gasteiger partial charge in [-0.2, -0.15) is 0 Å². The molecule has 1 aromatic rings. The number of aliphatic carboxylic acids is 2. The number of carbonyl (C=O) groups is 3. The lowest BCUT2D eigenvalue weighted by Crippen LogP contribution is -2.38. The van der Waals surface area contributed by atoms with Gasteiger partial charge in [-0.3, -0.25) is 9.69 Å². The lowest BCUT2D eigenvalue weighted by Gasteiger charge is -2.26. The van der Waals surface area contributed by atoms with Crippen LogP contribution >= 0.6 is 0 Å². The zero-order valence-electron chi connectivity index (χ0n) is 19.1. The number of carbonyl (C=O) groups excluding carboxylic acids is 1. The van der Waals surface area contributed by atoms with Gasteiger partial charge in [0.2, 0.25) is 5.91 Å². The Bertz CT molecular complexity index is 734. The van der Waals surface area contributed by atoms with Crippen molar-refractivity contribution in [1.82, 2.24) is 10.2 Å². The quantitative estimate of drug-likeness (QED) is 0.334. The van der Waals surface area contributed by atoms with E-state index in [1.54, 1.807) is 0 Å². The summed E-state index contributed by atoms with van der Waals surface area (Å²) in [5.74, 6) is -3.62. The van der Waals surface area contributed by atoms with Crippen molar-refractivity contribution in [1.29, 1.82) is 0 Å². The highest BCUT2D eigenvalue weighted by Crippen LogP contribution is 2.27. The Hall–Kier alpha value is -2.69. The molecule has 2 saturated heterocycles. The second-order valence-electron chi connectivity index (χ2n) is 8.06. The van der Waals surface area contributed by atoms with Gasteiger partial charge in [-0.25, -0.2) is 9.59 Å². The minimum absolute atomic E-state index is 0.0312. The first-order valence-corrected chi connectivity index (χ1v) is 11.6. The predicted molar refractivity (Wildman–Crippen MR) is 126 cm³/mol. The number of hydrogen-bond donors (Lipinski definition) is 4. The van der Waals surface area contributed by atoms with Gasteiger partial charge >= 0.3 is 11.9 Å². The van der Waals surface area contributed by atoms with Gasteiger partial charge in [0.1, 0.15) is 0 Å². The van der Waals surface area contributed by atoms with Crippen LogP contribution < -0.4 is 15.5 Å². The summed E-state index contributed by atoms with van der Waals surface area (Å²) < 4.78 is 5.36. The smallest absolute Gasteiger partial charge is 0.414 e. The van der Waals surface area contributed by atoms with Crippen molar-refractivity contribution in [3.05, 3.63) is 24.3 Å². The third kappa shape index (κ3) is 10.6. The van der Waals surface area contributed by atoms with Crippen LogP contribution in [0.15, 0.2) is 24.3 Å². The molecule has 0 spiro atoms. The van der Waals surface area contributed by atoms with Gasteiger partial charge in [0.15, 0.2) is 0 Å². The summed E-state index contributed by atoms with van der Waals surface area (Å²) in [4.78, 5) is 35.4. The van der Waals surface area contributed by atoms with E-state index in [1.807, 2.05) is 12.1 Å². The van der Waals surface area contributed by atoms with Crippen molar-refractivity contribution in [2.45, 2.75) is 32.1 Å². The van der Waals surface area contributed by atoms with Crippen molar-refractivity contribution in [2.24, 2.45) is 0 Å². The van der Waals surface area contributed by atoms with Crippen LogP contribution in [-0.4, -0.2) is 92.0 Å². The average Bonchev–Trinajstić information content (AvgIpc) is 3.10. The fraction of sp³-hybridized carbons (Fsp3) is 0.609. The molecule has 0 unspecified atom stereocenters. The maximum Gasteiger partial charge on any atom is 0.414 e. The average molecular weight is 465 g/mol. The van der Waals surface area contributed by atoms with E-state index < -0.39 is 11.9 Å². The molecule has 2 aliphatic rings. The summed E-state index contributed by atoms with van der Waals surface area (Å²) in [7, 11) is 0. The van der Waals surface area contributed by atoms with Crippen molar-refractivity contribution in [2.75, 3.05) is 69.2 Å². The van der Waals surface area contributed by atoms with E-state index in [1.165, 1.54) is 25.7 Å². The second-order valence-corrected chi connectivity index (χ2v) is 8.06. The molecule has 0 atom stereocenters. The standard InChI is InChI=1S/C21H34N4O2.C2H2O4/c26-21(18-22-10-7-11-24-14-16-27-17-15-24)23-19-8-3-4-9-20(19)25-12-5-1-2-6-13-25;3-1(4)2(5)6/h3-4,8-9,22H,1-2,5-7,10-18H2,(H,23,26);(H,3,4)(H,5,6).